The fourth-order valence-corrected chi connectivity index (χ4v) is 2.89. The molecule has 3 rings (SSSR count). The first-order valence-corrected chi connectivity index (χ1v) is 8.04. The number of aromatic nitrogens is 3. The standard InChI is InChI=1S/C17H21N5O2/c1-12(21(2)17(24)14-5-8-16(23)19-9-14)13-3-6-15(7-4-13)22-11-18-10-20-22/h3-4,6-7,10-12,14H,5,8-9H2,1-2H3,(H,19,23)/t12-,14-/m1/s1. The van der Waals surface area contributed by atoms with Gasteiger partial charge in [0.05, 0.1) is 17.6 Å². The zero-order valence-electron chi connectivity index (χ0n) is 13.8. The Morgan fingerprint density at radius 1 is 1.38 bits per heavy atom. The predicted octanol–water partition coefficient (Wildman–Crippen LogP) is 1.31. The third kappa shape index (κ3) is 3.29. The Hall–Kier alpha value is -2.70. The van der Waals surface area contributed by atoms with Gasteiger partial charge in [0, 0.05) is 20.0 Å². The van der Waals surface area contributed by atoms with E-state index in [-0.39, 0.29) is 23.8 Å². The van der Waals surface area contributed by atoms with Crippen LogP contribution in [0.3, 0.4) is 0 Å². The summed E-state index contributed by atoms with van der Waals surface area (Å²) in [6, 6.07) is 7.86. The highest BCUT2D eigenvalue weighted by atomic mass is 16.2. The van der Waals surface area contributed by atoms with Crippen LogP contribution in [-0.4, -0.2) is 45.1 Å². The van der Waals surface area contributed by atoms with Crippen LogP contribution >= 0.6 is 0 Å². The summed E-state index contributed by atoms with van der Waals surface area (Å²) in [7, 11) is 1.81. The topological polar surface area (TPSA) is 80.1 Å². The summed E-state index contributed by atoms with van der Waals surface area (Å²) in [6.45, 7) is 2.43. The fraction of sp³-hybridized carbons (Fsp3) is 0.412. The van der Waals surface area contributed by atoms with Gasteiger partial charge in [-0.15, -0.1) is 0 Å². The molecule has 2 aromatic rings. The Balaban J connectivity index is 1.67. The molecule has 1 aliphatic rings. The lowest BCUT2D eigenvalue weighted by Crippen LogP contribution is -2.44. The molecular weight excluding hydrogens is 306 g/mol. The molecule has 7 nitrogen and oxygen atoms in total. The Kier molecular flexibility index (Phi) is 4.59. The van der Waals surface area contributed by atoms with Crippen LogP contribution in [0.5, 0.6) is 0 Å². The van der Waals surface area contributed by atoms with Crippen molar-refractivity contribution in [2.24, 2.45) is 5.92 Å². The van der Waals surface area contributed by atoms with Gasteiger partial charge < -0.3 is 10.2 Å². The molecule has 2 amide bonds. The number of carbonyl (C=O) groups excluding carboxylic acids is 2. The maximum Gasteiger partial charge on any atom is 0.227 e. The third-order valence-electron chi connectivity index (χ3n) is 4.60. The van der Waals surface area contributed by atoms with E-state index in [1.54, 1.807) is 15.9 Å². The van der Waals surface area contributed by atoms with Crippen molar-refractivity contribution < 1.29 is 9.59 Å². The summed E-state index contributed by atoms with van der Waals surface area (Å²) in [6.07, 6.45) is 4.18. The number of nitrogens with one attached hydrogen (secondary N) is 1. The molecule has 126 valence electrons. The number of hydrogen-bond acceptors (Lipinski definition) is 4. The van der Waals surface area contributed by atoms with E-state index in [2.05, 4.69) is 15.4 Å². The Bertz CT molecular complexity index is 701. The van der Waals surface area contributed by atoms with Gasteiger partial charge in [-0.3, -0.25) is 9.59 Å². The second-order valence-corrected chi connectivity index (χ2v) is 6.10. The van der Waals surface area contributed by atoms with Crippen LogP contribution in [-0.2, 0) is 9.59 Å². The molecule has 0 bridgehead atoms. The SMILES string of the molecule is C[C@H](c1ccc(-n2cncn2)cc1)N(C)C(=O)[C@@H]1CCC(=O)NC1. The van der Waals surface area contributed by atoms with Gasteiger partial charge in [-0.1, -0.05) is 12.1 Å². The lowest BCUT2D eigenvalue weighted by Gasteiger charge is -2.31. The highest BCUT2D eigenvalue weighted by Crippen LogP contribution is 2.23. The van der Waals surface area contributed by atoms with Gasteiger partial charge in [-0.25, -0.2) is 9.67 Å². The van der Waals surface area contributed by atoms with Crippen molar-refractivity contribution in [3.05, 3.63) is 42.5 Å². The Morgan fingerprint density at radius 2 is 2.12 bits per heavy atom. The summed E-state index contributed by atoms with van der Waals surface area (Å²) in [5, 5.41) is 6.87. The first-order valence-electron chi connectivity index (χ1n) is 8.04. The van der Waals surface area contributed by atoms with E-state index in [0.29, 0.717) is 19.4 Å². The summed E-state index contributed by atoms with van der Waals surface area (Å²) in [5.74, 6) is -0.0362. The van der Waals surface area contributed by atoms with Gasteiger partial charge in [-0.2, -0.15) is 5.10 Å². The first-order chi connectivity index (χ1) is 11.6. The molecule has 1 aromatic carbocycles. The molecule has 1 N–H and O–H groups in total. The van der Waals surface area contributed by atoms with Crippen LogP contribution in [0.4, 0.5) is 0 Å². The van der Waals surface area contributed by atoms with Crippen molar-refractivity contribution in [2.75, 3.05) is 13.6 Å². The van der Waals surface area contributed by atoms with E-state index < -0.39 is 0 Å². The smallest absolute Gasteiger partial charge is 0.227 e. The average Bonchev–Trinajstić information content (AvgIpc) is 3.15. The number of nitrogens with zero attached hydrogens (tertiary/aromatic N) is 4. The van der Waals surface area contributed by atoms with E-state index in [9.17, 15) is 9.59 Å². The second-order valence-electron chi connectivity index (χ2n) is 6.10. The van der Waals surface area contributed by atoms with Crippen LogP contribution in [0.25, 0.3) is 5.69 Å². The number of piperidine rings is 1. The summed E-state index contributed by atoms with van der Waals surface area (Å²) in [4.78, 5) is 29.6. The van der Waals surface area contributed by atoms with Crippen LogP contribution in [0.15, 0.2) is 36.9 Å². The molecule has 2 heterocycles. The highest BCUT2D eigenvalue weighted by molar-refractivity contribution is 5.83. The number of amides is 2. The summed E-state index contributed by atoms with van der Waals surface area (Å²) >= 11 is 0. The molecule has 0 saturated carbocycles. The molecule has 24 heavy (non-hydrogen) atoms. The number of rotatable bonds is 4. The molecular formula is C17H21N5O2. The number of benzene rings is 1. The van der Waals surface area contributed by atoms with Crippen LogP contribution in [0, 0.1) is 5.92 Å². The van der Waals surface area contributed by atoms with Gasteiger partial charge in [0.1, 0.15) is 12.7 Å². The quantitative estimate of drug-likeness (QED) is 0.918. The van der Waals surface area contributed by atoms with E-state index in [0.717, 1.165) is 11.3 Å². The van der Waals surface area contributed by atoms with Gasteiger partial charge in [0.25, 0.3) is 0 Å². The zero-order valence-corrected chi connectivity index (χ0v) is 13.8. The minimum Gasteiger partial charge on any atom is -0.355 e. The lowest BCUT2D eigenvalue weighted by atomic mass is 9.96. The molecule has 0 unspecified atom stereocenters. The molecule has 7 heteroatoms. The minimum absolute atomic E-state index is 0.0263. The molecule has 0 radical (unpaired) electrons. The van der Waals surface area contributed by atoms with E-state index >= 15 is 0 Å². The molecule has 0 aliphatic carbocycles. The maximum atomic E-state index is 12.6. The van der Waals surface area contributed by atoms with Crippen molar-refractivity contribution in [1.82, 2.24) is 25.0 Å². The first kappa shape index (κ1) is 16.2. The Morgan fingerprint density at radius 3 is 2.71 bits per heavy atom. The highest BCUT2D eigenvalue weighted by Gasteiger charge is 2.29. The van der Waals surface area contributed by atoms with Gasteiger partial charge >= 0.3 is 0 Å². The van der Waals surface area contributed by atoms with E-state index in [1.165, 1.54) is 6.33 Å². The van der Waals surface area contributed by atoms with Crippen molar-refractivity contribution in [1.29, 1.82) is 0 Å². The van der Waals surface area contributed by atoms with Crippen molar-refractivity contribution in [3.63, 3.8) is 0 Å². The maximum absolute atomic E-state index is 12.6. The Labute approximate surface area is 140 Å². The third-order valence-corrected chi connectivity index (χ3v) is 4.60. The minimum atomic E-state index is -0.135. The second kappa shape index (κ2) is 6.82. The van der Waals surface area contributed by atoms with Gasteiger partial charge in [0.15, 0.2) is 0 Å². The van der Waals surface area contributed by atoms with Gasteiger partial charge in [-0.05, 0) is 31.0 Å². The van der Waals surface area contributed by atoms with Crippen LogP contribution in [0.2, 0.25) is 0 Å². The zero-order chi connectivity index (χ0) is 17.1. The molecule has 1 aliphatic heterocycles. The van der Waals surface area contributed by atoms with Crippen LogP contribution < -0.4 is 5.32 Å². The predicted molar refractivity (Wildman–Crippen MR) is 88.3 cm³/mol. The van der Waals surface area contributed by atoms with Gasteiger partial charge in [0.2, 0.25) is 11.8 Å². The fourth-order valence-electron chi connectivity index (χ4n) is 2.89. The van der Waals surface area contributed by atoms with Crippen molar-refractivity contribution in [3.8, 4) is 5.69 Å². The summed E-state index contributed by atoms with van der Waals surface area (Å²) < 4.78 is 1.69. The van der Waals surface area contributed by atoms with Crippen molar-refractivity contribution >= 4 is 11.8 Å². The molecule has 1 fully saturated rings. The van der Waals surface area contributed by atoms with E-state index in [1.807, 2.05) is 38.2 Å². The molecule has 2 atom stereocenters. The largest absolute Gasteiger partial charge is 0.355 e. The lowest BCUT2D eigenvalue weighted by molar-refractivity contribution is -0.138. The average molecular weight is 327 g/mol. The van der Waals surface area contributed by atoms with Crippen molar-refractivity contribution in [2.45, 2.75) is 25.8 Å². The van der Waals surface area contributed by atoms with Crippen LogP contribution in [0.1, 0.15) is 31.4 Å². The molecule has 1 saturated heterocycles. The number of hydrogen-bond donors (Lipinski definition) is 1. The van der Waals surface area contributed by atoms with E-state index in [4.69, 9.17) is 0 Å². The monoisotopic (exact) mass is 327 g/mol. The number of carbonyl (C=O) groups is 2. The molecule has 1 aromatic heterocycles. The summed E-state index contributed by atoms with van der Waals surface area (Å²) in [5.41, 5.74) is 1.97. The normalized spacial score (nSPS) is 18.8. The molecule has 0 spiro atoms.